The third-order valence-electron chi connectivity index (χ3n) is 3.43. The number of hydrogen-bond donors (Lipinski definition) is 0. The Balaban J connectivity index is 2.72. The molecule has 1 aliphatic rings. The Kier molecular flexibility index (Phi) is 5.47. The summed E-state index contributed by atoms with van der Waals surface area (Å²) >= 11 is 0. The minimum Gasteiger partial charge on any atom is -0.368 e. The second-order valence-corrected chi connectivity index (χ2v) is 5.36. The second kappa shape index (κ2) is 6.39. The highest BCUT2D eigenvalue weighted by molar-refractivity contribution is 5.87. The Bertz CT molecular complexity index is 213. The van der Waals surface area contributed by atoms with Gasteiger partial charge in [-0.2, -0.15) is 0 Å². The van der Waals surface area contributed by atoms with E-state index in [0.29, 0.717) is 24.7 Å². The number of hydrogen-bond acceptors (Lipinski definition) is 2. The average molecular weight is 226 g/mol. The topological polar surface area (TPSA) is 26.3 Å². The maximum absolute atomic E-state index is 12.3. The number of rotatable bonds is 5. The number of ether oxygens (including phenoxy) is 1. The minimum absolute atomic E-state index is 0.339. The van der Waals surface area contributed by atoms with Crippen molar-refractivity contribution in [3.8, 4) is 0 Å². The average Bonchev–Trinajstić information content (AvgIpc) is 2.44. The molecule has 1 rings (SSSR count). The molecule has 2 nitrogen and oxygen atoms in total. The predicted octanol–water partition coefficient (Wildman–Crippen LogP) is 3.73. The quantitative estimate of drug-likeness (QED) is 0.668. The van der Waals surface area contributed by atoms with Crippen molar-refractivity contribution in [2.75, 3.05) is 6.61 Å². The van der Waals surface area contributed by atoms with Gasteiger partial charge in [0.05, 0.1) is 0 Å². The van der Waals surface area contributed by atoms with Crippen LogP contribution in [-0.4, -0.2) is 18.0 Å². The first kappa shape index (κ1) is 13.7. The zero-order chi connectivity index (χ0) is 12.0. The van der Waals surface area contributed by atoms with E-state index in [1.54, 1.807) is 0 Å². The van der Waals surface area contributed by atoms with Crippen LogP contribution in [0.1, 0.15) is 65.7 Å². The third kappa shape index (κ3) is 3.58. The zero-order valence-corrected chi connectivity index (χ0v) is 11.1. The van der Waals surface area contributed by atoms with E-state index in [4.69, 9.17) is 4.74 Å². The lowest BCUT2D eigenvalue weighted by atomic mass is 9.85. The van der Waals surface area contributed by atoms with Crippen molar-refractivity contribution in [1.82, 2.24) is 0 Å². The van der Waals surface area contributed by atoms with E-state index in [0.717, 1.165) is 25.7 Å². The summed E-state index contributed by atoms with van der Waals surface area (Å²) in [7, 11) is 0. The molecule has 1 fully saturated rings. The van der Waals surface area contributed by atoms with Crippen LogP contribution in [-0.2, 0) is 9.53 Å². The van der Waals surface area contributed by atoms with Crippen molar-refractivity contribution >= 4 is 5.78 Å². The van der Waals surface area contributed by atoms with Crippen LogP contribution in [0, 0.1) is 5.92 Å². The lowest BCUT2D eigenvalue weighted by Crippen LogP contribution is -2.41. The highest BCUT2D eigenvalue weighted by Crippen LogP contribution is 2.33. The van der Waals surface area contributed by atoms with Crippen LogP contribution in [0.25, 0.3) is 0 Å². The molecule has 0 heterocycles. The molecule has 16 heavy (non-hydrogen) atoms. The van der Waals surface area contributed by atoms with E-state index < -0.39 is 5.60 Å². The molecule has 0 amide bonds. The summed E-state index contributed by atoms with van der Waals surface area (Å²) in [6, 6.07) is 0. The number of carbonyl (C=O) groups is 1. The van der Waals surface area contributed by atoms with Crippen molar-refractivity contribution in [3.05, 3.63) is 0 Å². The van der Waals surface area contributed by atoms with Gasteiger partial charge in [-0.1, -0.05) is 39.5 Å². The molecule has 94 valence electrons. The van der Waals surface area contributed by atoms with Crippen LogP contribution in [0.2, 0.25) is 0 Å². The summed E-state index contributed by atoms with van der Waals surface area (Å²) in [5.41, 5.74) is -0.435. The van der Waals surface area contributed by atoms with Crippen LogP contribution in [0.5, 0.6) is 0 Å². The first-order valence-corrected chi connectivity index (χ1v) is 6.78. The maximum Gasteiger partial charge on any atom is 0.164 e. The SMILES string of the molecule is CCOC1(C(=O)CC(C)C)CCCCCC1. The van der Waals surface area contributed by atoms with Gasteiger partial charge < -0.3 is 4.74 Å². The summed E-state index contributed by atoms with van der Waals surface area (Å²) < 4.78 is 5.86. The summed E-state index contributed by atoms with van der Waals surface area (Å²) in [4.78, 5) is 12.3. The Hall–Kier alpha value is -0.370. The molecule has 0 aliphatic heterocycles. The van der Waals surface area contributed by atoms with Gasteiger partial charge in [0.2, 0.25) is 0 Å². The normalized spacial score (nSPS) is 20.8. The van der Waals surface area contributed by atoms with Gasteiger partial charge in [0.15, 0.2) is 5.78 Å². The van der Waals surface area contributed by atoms with Gasteiger partial charge in [0.25, 0.3) is 0 Å². The van der Waals surface area contributed by atoms with Crippen molar-refractivity contribution in [3.63, 3.8) is 0 Å². The van der Waals surface area contributed by atoms with Crippen LogP contribution in [0.3, 0.4) is 0 Å². The molecule has 0 aromatic carbocycles. The molecule has 1 aliphatic carbocycles. The minimum atomic E-state index is -0.435. The monoisotopic (exact) mass is 226 g/mol. The molecule has 0 bridgehead atoms. The van der Waals surface area contributed by atoms with E-state index in [9.17, 15) is 4.79 Å². The lowest BCUT2D eigenvalue weighted by Gasteiger charge is -2.31. The van der Waals surface area contributed by atoms with Crippen molar-refractivity contribution in [2.45, 2.75) is 71.3 Å². The van der Waals surface area contributed by atoms with Crippen molar-refractivity contribution < 1.29 is 9.53 Å². The van der Waals surface area contributed by atoms with Gasteiger partial charge in [0, 0.05) is 13.0 Å². The molecule has 0 atom stereocenters. The van der Waals surface area contributed by atoms with Crippen molar-refractivity contribution in [1.29, 1.82) is 0 Å². The smallest absolute Gasteiger partial charge is 0.164 e. The fourth-order valence-corrected chi connectivity index (χ4v) is 2.64. The Morgan fingerprint density at radius 2 is 1.75 bits per heavy atom. The first-order valence-electron chi connectivity index (χ1n) is 6.78. The highest BCUT2D eigenvalue weighted by atomic mass is 16.5. The molecule has 2 heteroatoms. The summed E-state index contributed by atoms with van der Waals surface area (Å²) in [6.07, 6.45) is 7.33. The summed E-state index contributed by atoms with van der Waals surface area (Å²) in [6.45, 7) is 6.86. The second-order valence-electron chi connectivity index (χ2n) is 5.36. The molecule has 1 saturated carbocycles. The Labute approximate surface area is 99.8 Å². The number of carbonyl (C=O) groups excluding carboxylic acids is 1. The van der Waals surface area contributed by atoms with Gasteiger partial charge in [-0.15, -0.1) is 0 Å². The molecule has 0 radical (unpaired) electrons. The molecule has 0 saturated heterocycles. The van der Waals surface area contributed by atoms with E-state index in [-0.39, 0.29) is 0 Å². The molecule has 0 aromatic heterocycles. The zero-order valence-electron chi connectivity index (χ0n) is 11.1. The molecular weight excluding hydrogens is 200 g/mol. The van der Waals surface area contributed by atoms with Gasteiger partial charge >= 0.3 is 0 Å². The van der Waals surface area contributed by atoms with Gasteiger partial charge in [-0.3, -0.25) is 4.79 Å². The van der Waals surface area contributed by atoms with Crippen LogP contribution >= 0.6 is 0 Å². The Morgan fingerprint density at radius 1 is 1.19 bits per heavy atom. The van der Waals surface area contributed by atoms with E-state index >= 15 is 0 Å². The predicted molar refractivity (Wildman–Crippen MR) is 66.5 cm³/mol. The van der Waals surface area contributed by atoms with Crippen LogP contribution < -0.4 is 0 Å². The fraction of sp³-hybridized carbons (Fsp3) is 0.929. The Morgan fingerprint density at radius 3 is 2.19 bits per heavy atom. The van der Waals surface area contributed by atoms with E-state index in [2.05, 4.69) is 13.8 Å². The standard InChI is InChI=1S/C14H26O2/c1-4-16-14(13(15)11-12(2)3)9-7-5-6-8-10-14/h12H,4-11H2,1-3H3. The molecular formula is C14H26O2. The van der Waals surface area contributed by atoms with E-state index in [1.807, 2.05) is 6.92 Å². The van der Waals surface area contributed by atoms with Crippen LogP contribution in [0.15, 0.2) is 0 Å². The molecule has 0 aromatic rings. The maximum atomic E-state index is 12.3. The first-order chi connectivity index (χ1) is 7.60. The molecule has 0 N–H and O–H groups in total. The van der Waals surface area contributed by atoms with Gasteiger partial charge in [0.1, 0.15) is 5.60 Å². The molecule has 0 unspecified atom stereocenters. The van der Waals surface area contributed by atoms with E-state index in [1.165, 1.54) is 12.8 Å². The molecule has 0 spiro atoms. The summed E-state index contributed by atoms with van der Waals surface area (Å²) in [5, 5.41) is 0. The van der Waals surface area contributed by atoms with Gasteiger partial charge in [-0.05, 0) is 25.7 Å². The third-order valence-corrected chi connectivity index (χ3v) is 3.43. The fourth-order valence-electron chi connectivity index (χ4n) is 2.64. The van der Waals surface area contributed by atoms with Crippen molar-refractivity contribution in [2.24, 2.45) is 5.92 Å². The highest BCUT2D eigenvalue weighted by Gasteiger charge is 2.38. The largest absolute Gasteiger partial charge is 0.368 e. The van der Waals surface area contributed by atoms with Gasteiger partial charge in [-0.25, -0.2) is 0 Å². The van der Waals surface area contributed by atoms with Crippen LogP contribution in [0.4, 0.5) is 0 Å². The lowest BCUT2D eigenvalue weighted by molar-refractivity contribution is -0.147. The summed E-state index contributed by atoms with van der Waals surface area (Å²) in [5.74, 6) is 0.777. The number of ketones is 1. The number of Topliss-reactive ketones (excluding diaryl/α,β-unsaturated/α-hetero) is 1.